The number of ether oxygens (including phenoxy) is 3. The molecule has 1 unspecified atom stereocenters. The number of benzene rings is 5. The highest BCUT2D eigenvalue weighted by Gasteiger charge is 2.25. The highest BCUT2D eigenvalue weighted by Crippen LogP contribution is 2.40. The number of carbonyl (C=O) groups excluding carboxylic acids is 6. The van der Waals surface area contributed by atoms with Gasteiger partial charge in [0.05, 0.1) is 43.6 Å². The number of hydrogen-bond donors (Lipinski definition) is 9. The molecule has 0 heterocycles. The molecule has 0 saturated carbocycles. The van der Waals surface area contributed by atoms with Crippen molar-refractivity contribution in [2.45, 2.75) is 19.4 Å². The number of primary amides is 1. The van der Waals surface area contributed by atoms with E-state index >= 15 is 0 Å². The topological polar surface area (TPSA) is 318 Å². The average Bonchev–Trinajstić information content (AvgIpc) is 3.27. The number of anilines is 4. The zero-order valence-electron chi connectivity index (χ0n) is 34.5. The van der Waals surface area contributed by atoms with E-state index in [4.69, 9.17) is 19.9 Å². The largest absolute Gasteiger partial charge is 0.504 e. The van der Waals surface area contributed by atoms with Crippen molar-refractivity contribution in [2.75, 3.05) is 35.5 Å². The van der Waals surface area contributed by atoms with Crippen LogP contribution in [0.1, 0.15) is 60.3 Å². The van der Waals surface area contributed by atoms with Gasteiger partial charge in [-0.05, 0) is 103 Å². The lowest BCUT2D eigenvalue weighted by Crippen LogP contribution is -2.43. The van der Waals surface area contributed by atoms with Crippen LogP contribution in [0.2, 0.25) is 0 Å². The number of hydrogen-bond acceptors (Lipinski definition) is 13. The highest BCUT2D eigenvalue weighted by molar-refractivity contribution is 6.11. The number of methoxy groups -OCH3 is 2. The van der Waals surface area contributed by atoms with E-state index in [0.29, 0.717) is 16.8 Å². The molecule has 0 bridgehead atoms. The van der Waals surface area contributed by atoms with Crippen molar-refractivity contribution in [1.82, 2.24) is 5.32 Å². The molecule has 65 heavy (non-hydrogen) atoms. The Bertz CT molecular complexity index is 2750. The molecule has 0 aliphatic carbocycles. The van der Waals surface area contributed by atoms with Gasteiger partial charge in [-0.2, -0.15) is 5.26 Å². The van der Waals surface area contributed by atoms with Gasteiger partial charge >= 0.3 is 12.1 Å². The third-order valence-electron chi connectivity index (χ3n) is 9.22. The van der Waals surface area contributed by atoms with E-state index in [9.17, 15) is 54.1 Å². The van der Waals surface area contributed by atoms with E-state index in [1.54, 1.807) is 25.1 Å². The first-order valence-corrected chi connectivity index (χ1v) is 18.9. The summed E-state index contributed by atoms with van der Waals surface area (Å²) in [6.07, 6.45) is 0.276. The number of carbonyl (C=O) groups is 7. The van der Waals surface area contributed by atoms with Crippen LogP contribution in [0.4, 0.5) is 27.5 Å². The quantitative estimate of drug-likeness (QED) is 0.0555. The molecule has 20 heteroatoms. The molecule has 0 aromatic heterocycles. The summed E-state index contributed by atoms with van der Waals surface area (Å²) < 4.78 is 15.1. The number of nitriles is 1. The van der Waals surface area contributed by atoms with Gasteiger partial charge in [-0.15, -0.1) is 0 Å². The molecule has 0 aliphatic heterocycles. The molecule has 10 N–H and O–H groups in total. The number of nitrogens with one attached hydrogen (secondary N) is 5. The number of rotatable bonds is 16. The van der Waals surface area contributed by atoms with Gasteiger partial charge in [0, 0.05) is 28.1 Å². The van der Waals surface area contributed by atoms with E-state index in [-0.39, 0.29) is 57.4 Å². The molecule has 5 rings (SSSR count). The fraction of sp³-hybridized carbons (Fsp3) is 0.111. The highest BCUT2D eigenvalue weighted by atomic mass is 16.5. The number of aromatic carboxylic acids is 1. The fourth-order valence-electron chi connectivity index (χ4n) is 5.97. The van der Waals surface area contributed by atoms with Gasteiger partial charge in [0.25, 0.3) is 23.6 Å². The van der Waals surface area contributed by atoms with Crippen molar-refractivity contribution < 1.29 is 63.1 Å². The number of carboxylic acids is 1. The number of phenolic OH excluding ortho intramolecular Hbond substituents is 1. The van der Waals surface area contributed by atoms with Crippen LogP contribution in [0.25, 0.3) is 6.08 Å². The van der Waals surface area contributed by atoms with E-state index in [2.05, 4.69) is 26.6 Å². The Balaban J connectivity index is 1.17. The summed E-state index contributed by atoms with van der Waals surface area (Å²) in [5, 5.41) is 52.7. The standard InChI is InChI=1S/C45H39N7O13/c1-23(22-24-4-14-29(15-5-24)65-45(47)62)39(55)48-27-10-6-26(7-11-27)41(57)52-34(20-21-46)43(59)49-28-12-8-25(9-13-28)40(56)50-32-18-16-30(35(53)37(32)63-2)42(58)51-33-19-17-31(44(60)61)36(54)38(33)64-3/h4-19,22,34,53-54H,20H2,1-3H3,(H2,47,62)(H,48,55)(H,49,59)(H,50,56)(H,51,58)(H,52,57)(H,60,61). The second kappa shape index (κ2) is 20.9. The van der Waals surface area contributed by atoms with Crippen LogP contribution in [-0.4, -0.2) is 77.2 Å². The third kappa shape index (κ3) is 11.7. The molecule has 6 amide bonds. The molecule has 5 aromatic carbocycles. The van der Waals surface area contributed by atoms with E-state index in [1.165, 1.54) is 86.0 Å². The van der Waals surface area contributed by atoms with Gasteiger partial charge in [-0.3, -0.25) is 24.0 Å². The minimum Gasteiger partial charge on any atom is -0.504 e. The number of nitrogens with two attached hydrogens (primary N) is 1. The van der Waals surface area contributed by atoms with Crippen LogP contribution in [0.5, 0.6) is 28.7 Å². The van der Waals surface area contributed by atoms with Crippen LogP contribution in [0.15, 0.2) is 103 Å². The maximum Gasteiger partial charge on any atom is 0.409 e. The average molecular weight is 886 g/mol. The van der Waals surface area contributed by atoms with Gasteiger partial charge in [0.2, 0.25) is 5.91 Å². The Labute approximate surface area is 369 Å². The molecule has 0 spiro atoms. The minimum atomic E-state index is -1.43. The first-order valence-electron chi connectivity index (χ1n) is 18.9. The monoisotopic (exact) mass is 885 g/mol. The van der Waals surface area contributed by atoms with Gasteiger partial charge in [-0.25, -0.2) is 9.59 Å². The molecule has 0 fully saturated rings. The Morgan fingerprint density at radius 3 is 1.71 bits per heavy atom. The summed E-state index contributed by atoms with van der Waals surface area (Å²) in [6.45, 7) is 1.60. The van der Waals surface area contributed by atoms with Gasteiger partial charge in [0.15, 0.2) is 23.0 Å². The second-order valence-corrected chi connectivity index (χ2v) is 13.6. The molecule has 0 aliphatic rings. The first-order chi connectivity index (χ1) is 31.0. The molecule has 0 saturated heterocycles. The third-order valence-corrected chi connectivity index (χ3v) is 9.22. The number of amides is 6. The normalized spacial score (nSPS) is 11.1. The molecular weight excluding hydrogens is 847 g/mol. The Kier molecular flexibility index (Phi) is 15.0. The molecule has 0 radical (unpaired) electrons. The maximum absolute atomic E-state index is 13.2. The molecule has 1 atom stereocenters. The van der Waals surface area contributed by atoms with Crippen LogP contribution in [-0.2, 0) is 9.59 Å². The summed E-state index contributed by atoms with van der Waals surface area (Å²) in [5.74, 6) is -6.58. The second-order valence-electron chi connectivity index (χ2n) is 13.6. The zero-order valence-corrected chi connectivity index (χ0v) is 34.5. The lowest BCUT2D eigenvalue weighted by molar-refractivity contribution is -0.118. The fourth-order valence-corrected chi connectivity index (χ4v) is 5.97. The molecule has 332 valence electrons. The first kappa shape index (κ1) is 46.7. The smallest absolute Gasteiger partial charge is 0.409 e. The SMILES string of the molecule is COc1c(NC(=O)c2ccc(NC(=O)c3ccc(NC(=O)C(CC#N)NC(=O)c4ccc(NC(=O)C(C)=Cc5ccc(OC(N)=O)cc5)cc4)cc3)c(OC)c2O)ccc(C(=O)O)c1O. The summed E-state index contributed by atoms with van der Waals surface area (Å²) in [5.41, 5.74) is 5.93. The van der Waals surface area contributed by atoms with Crippen molar-refractivity contribution in [3.63, 3.8) is 0 Å². The van der Waals surface area contributed by atoms with Crippen molar-refractivity contribution in [1.29, 1.82) is 5.26 Å². The van der Waals surface area contributed by atoms with Crippen LogP contribution >= 0.6 is 0 Å². The predicted octanol–water partition coefficient (Wildman–Crippen LogP) is 5.47. The molecule has 5 aromatic rings. The van der Waals surface area contributed by atoms with Crippen LogP contribution in [0, 0.1) is 11.3 Å². The summed E-state index contributed by atoms with van der Waals surface area (Å²) in [6, 6.07) is 22.9. The van der Waals surface area contributed by atoms with Crippen molar-refractivity contribution in [3.05, 3.63) is 130 Å². The maximum atomic E-state index is 13.2. The number of nitrogens with zero attached hydrogens (tertiary/aromatic N) is 1. The Morgan fingerprint density at radius 2 is 1.18 bits per heavy atom. The molecule has 20 nitrogen and oxygen atoms in total. The summed E-state index contributed by atoms with van der Waals surface area (Å²) in [4.78, 5) is 87.7. The summed E-state index contributed by atoms with van der Waals surface area (Å²) >= 11 is 0. The molecular formula is C45H39N7O13. The number of aromatic hydroxyl groups is 2. The Hall–Kier alpha value is -9.38. The van der Waals surface area contributed by atoms with Crippen molar-refractivity contribution in [2.24, 2.45) is 5.73 Å². The van der Waals surface area contributed by atoms with Crippen LogP contribution in [0.3, 0.4) is 0 Å². The predicted molar refractivity (Wildman–Crippen MR) is 234 cm³/mol. The number of carboxylic acid groups (broad SMARTS) is 1. The minimum absolute atomic E-state index is 0.0263. The van der Waals surface area contributed by atoms with Gasteiger partial charge in [-0.1, -0.05) is 12.1 Å². The zero-order chi connectivity index (χ0) is 47.4. The van der Waals surface area contributed by atoms with E-state index in [0.717, 1.165) is 13.2 Å². The van der Waals surface area contributed by atoms with Crippen molar-refractivity contribution >= 4 is 70.4 Å². The Morgan fingerprint density at radius 1 is 0.677 bits per heavy atom. The number of phenols is 2. The lowest BCUT2D eigenvalue weighted by Gasteiger charge is -2.17. The van der Waals surface area contributed by atoms with Gasteiger partial charge < -0.3 is 61.8 Å². The van der Waals surface area contributed by atoms with Crippen molar-refractivity contribution in [3.8, 4) is 34.8 Å². The van der Waals surface area contributed by atoms with E-state index in [1.807, 2.05) is 6.07 Å². The van der Waals surface area contributed by atoms with Crippen LogP contribution < -0.4 is 46.5 Å². The lowest BCUT2D eigenvalue weighted by atomic mass is 10.1. The summed E-state index contributed by atoms with van der Waals surface area (Å²) in [7, 11) is 2.34. The van der Waals surface area contributed by atoms with E-state index < -0.39 is 64.7 Å². The van der Waals surface area contributed by atoms with Gasteiger partial charge in [0.1, 0.15) is 17.4 Å².